The van der Waals surface area contributed by atoms with E-state index >= 15 is 0 Å². The smallest absolute Gasteiger partial charge is 0.131 e. The highest BCUT2D eigenvalue weighted by atomic mass is 35.5. The Morgan fingerprint density at radius 3 is 2.11 bits per heavy atom. The molecule has 0 bridgehead atoms. The minimum absolute atomic E-state index is 0. The summed E-state index contributed by atoms with van der Waals surface area (Å²) in [6.07, 6.45) is 0. The molecule has 0 aliphatic rings. The number of hydrogen-bond donors (Lipinski definition) is 1. The maximum absolute atomic E-state index is 13.9. The van der Waals surface area contributed by atoms with Gasteiger partial charge >= 0.3 is 0 Å². The van der Waals surface area contributed by atoms with E-state index in [-0.39, 0.29) is 18.2 Å². The van der Waals surface area contributed by atoms with Crippen LogP contribution in [-0.4, -0.2) is 0 Å². The third-order valence-corrected chi connectivity index (χ3v) is 3.33. The first-order chi connectivity index (χ1) is 8.52. The van der Waals surface area contributed by atoms with Gasteiger partial charge in [0.05, 0.1) is 0 Å². The van der Waals surface area contributed by atoms with E-state index in [1.807, 2.05) is 39.0 Å². The Hall–Kier alpha value is -1.38. The van der Waals surface area contributed by atoms with Crippen molar-refractivity contribution >= 4 is 12.4 Å². The number of aryl methyl sites for hydroxylation is 3. The molecule has 0 aromatic heterocycles. The summed E-state index contributed by atoms with van der Waals surface area (Å²) in [5.41, 5.74) is 11.7. The second kappa shape index (κ2) is 6.18. The number of benzene rings is 2. The van der Waals surface area contributed by atoms with E-state index in [1.165, 1.54) is 6.07 Å². The minimum atomic E-state index is -0.181. The molecule has 0 radical (unpaired) electrons. The molecule has 0 saturated heterocycles. The molecule has 0 unspecified atom stereocenters. The molecule has 0 aliphatic carbocycles. The van der Waals surface area contributed by atoms with Gasteiger partial charge in [0.2, 0.25) is 0 Å². The van der Waals surface area contributed by atoms with Crippen LogP contribution in [0.4, 0.5) is 4.39 Å². The van der Waals surface area contributed by atoms with Crippen molar-refractivity contribution in [3.8, 4) is 11.1 Å². The molecule has 3 heteroatoms. The van der Waals surface area contributed by atoms with Crippen molar-refractivity contribution in [1.82, 2.24) is 0 Å². The highest BCUT2D eigenvalue weighted by Gasteiger charge is 2.09. The fourth-order valence-electron chi connectivity index (χ4n) is 2.33. The molecule has 2 aromatic rings. The third-order valence-electron chi connectivity index (χ3n) is 3.33. The first-order valence-electron chi connectivity index (χ1n) is 6.09. The van der Waals surface area contributed by atoms with Gasteiger partial charge in [-0.1, -0.05) is 23.8 Å². The van der Waals surface area contributed by atoms with E-state index in [0.717, 1.165) is 27.8 Å². The van der Waals surface area contributed by atoms with Crippen LogP contribution in [-0.2, 0) is 6.54 Å². The first kappa shape index (κ1) is 15.7. The lowest BCUT2D eigenvalue weighted by Crippen LogP contribution is -2.02. The Balaban J connectivity index is 0.00000180. The molecular formula is C16H19ClFN. The summed E-state index contributed by atoms with van der Waals surface area (Å²) >= 11 is 0. The average molecular weight is 280 g/mol. The summed E-state index contributed by atoms with van der Waals surface area (Å²) in [5, 5.41) is 0. The summed E-state index contributed by atoms with van der Waals surface area (Å²) in [6.45, 7) is 6.53. The van der Waals surface area contributed by atoms with Crippen molar-refractivity contribution in [3.05, 3.63) is 58.4 Å². The highest BCUT2D eigenvalue weighted by molar-refractivity contribution is 5.85. The Morgan fingerprint density at radius 2 is 1.58 bits per heavy atom. The predicted molar refractivity (Wildman–Crippen MR) is 81.2 cm³/mol. The molecule has 0 aliphatic heterocycles. The molecule has 2 rings (SSSR count). The monoisotopic (exact) mass is 279 g/mol. The van der Waals surface area contributed by atoms with Crippen LogP contribution in [0.15, 0.2) is 30.3 Å². The summed E-state index contributed by atoms with van der Waals surface area (Å²) in [7, 11) is 0. The second-order valence-corrected chi connectivity index (χ2v) is 4.78. The van der Waals surface area contributed by atoms with Gasteiger partial charge in [-0.25, -0.2) is 4.39 Å². The van der Waals surface area contributed by atoms with Crippen LogP contribution in [0.3, 0.4) is 0 Å². The van der Waals surface area contributed by atoms with Crippen molar-refractivity contribution in [1.29, 1.82) is 0 Å². The summed E-state index contributed by atoms with van der Waals surface area (Å²) < 4.78 is 13.9. The van der Waals surface area contributed by atoms with E-state index in [0.29, 0.717) is 12.1 Å². The molecule has 1 nitrogen and oxygen atoms in total. The van der Waals surface area contributed by atoms with Crippen molar-refractivity contribution in [2.24, 2.45) is 5.73 Å². The molecule has 0 heterocycles. The highest BCUT2D eigenvalue weighted by Crippen LogP contribution is 2.28. The van der Waals surface area contributed by atoms with Gasteiger partial charge in [0, 0.05) is 12.1 Å². The van der Waals surface area contributed by atoms with Crippen molar-refractivity contribution in [3.63, 3.8) is 0 Å². The largest absolute Gasteiger partial charge is 0.326 e. The lowest BCUT2D eigenvalue weighted by atomic mass is 9.94. The summed E-state index contributed by atoms with van der Waals surface area (Å²) in [6, 6.07) is 9.20. The van der Waals surface area contributed by atoms with Crippen LogP contribution < -0.4 is 5.73 Å². The molecule has 19 heavy (non-hydrogen) atoms. The van der Waals surface area contributed by atoms with Gasteiger partial charge in [-0.3, -0.25) is 0 Å². The zero-order chi connectivity index (χ0) is 13.3. The van der Waals surface area contributed by atoms with Crippen LogP contribution in [0.1, 0.15) is 22.3 Å². The van der Waals surface area contributed by atoms with E-state index in [2.05, 4.69) is 0 Å². The summed E-state index contributed by atoms with van der Waals surface area (Å²) in [5.74, 6) is -0.181. The number of nitrogens with two attached hydrogens (primary N) is 1. The van der Waals surface area contributed by atoms with Crippen LogP contribution >= 0.6 is 12.4 Å². The van der Waals surface area contributed by atoms with Gasteiger partial charge in [0.25, 0.3) is 0 Å². The van der Waals surface area contributed by atoms with Gasteiger partial charge < -0.3 is 5.73 Å². The fraction of sp³-hybridized carbons (Fsp3) is 0.250. The van der Waals surface area contributed by atoms with Crippen molar-refractivity contribution in [2.45, 2.75) is 27.3 Å². The number of rotatable bonds is 2. The molecule has 0 amide bonds. The zero-order valence-electron chi connectivity index (χ0n) is 11.5. The Morgan fingerprint density at radius 1 is 1.00 bits per heavy atom. The van der Waals surface area contributed by atoms with E-state index in [4.69, 9.17) is 5.73 Å². The van der Waals surface area contributed by atoms with Crippen LogP contribution in [0.5, 0.6) is 0 Å². The molecular weight excluding hydrogens is 261 g/mol. The van der Waals surface area contributed by atoms with E-state index in [1.54, 1.807) is 6.07 Å². The third kappa shape index (κ3) is 3.14. The van der Waals surface area contributed by atoms with E-state index < -0.39 is 0 Å². The predicted octanol–water partition coefficient (Wildman–Crippen LogP) is 4.30. The van der Waals surface area contributed by atoms with Crippen molar-refractivity contribution in [2.75, 3.05) is 0 Å². The maximum Gasteiger partial charge on any atom is 0.131 e. The van der Waals surface area contributed by atoms with Gasteiger partial charge in [-0.05, 0) is 55.2 Å². The molecule has 0 fully saturated rings. The summed E-state index contributed by atoms with van der Waals surface area (Å²) in [4.78, 5) is 0. The topological polar surface area (TPSA) is 26.0 Å². The van der Waals surface area contributed by atoms with E-state index in [9.17, 15) is 4.39 Å². The lowest BCUT2D eigenvalue weighted by molar-refractivity contribution is 0.631. The fourth-order valence-corrected chi connectivity index (χ4v) is 2.33. The minimum Gasteiger partial charge on any atom is -0.326 e. The van der Waals surface area contributed by atoms with Crippen molar-refractivity contribution < 1.29 is 4.39 Å². The molecule has 2 N–H and O–H groups in total. The van der Waals surface area contributed by atoms with Crippen LogP contribution in [0.2, 0.25) is 0 Å². The Kier molecular flexibility index (Phi) is 5.10. The Bertz CT molecular complexity index is 570. The lowest BCUT2D eigenvalue weighted by Gasteiger charge is -2.12. The Labute approximate surface area is 120 Å². The van der Waals surface area contributed by atoms with Crippen LogP contribution in [0.25, 0.3) is 11.1 Å². The quantitative estimate of drug-likeness (QED) is 0.871. The zero-order valence-corrected chi connectivity index (χ0v) is 12.3. The van der Waals surface area contributed by atoms with Gasteiger partial charge in [-0.15, -0.1) is 12.4 Å². The average Bonchev–Trinajstić information content (AvgIpc) is 2.32. The first-order valence-corrected chi connectivity index (χ1v) is 6.09. The maximum atomic E-state index is 13.9. The molecule has 2 aromatic carbocycles. The normalized spacial score (nSPS) is 10.2. The number of halogens is 2. The van der Waals surface area contributed by atoms with Gasteiger partial charge in [0.1, 0.15) is 5.82 Å². The SMILES string of the molecule is Cc1ccc(F)c(-c2cc(C)c(CN)c(C)c2)c1.Cl. The second-order valence-electron chi connectivity index (χ2n) is 4.78. The number of hydrogen-bond acceptors (Lipinski definition) is 1. The molecule has 0 saturated carbocycles. The van der Waals surface area contributed by atoms with Gasteiger partial charge in [-0.2, -0.15) is 0 Å². The molecule has 0 atom stereocenters. The molecule has 0 spiro atoms. The molecule has 102 valence electrons. The van der Waals surface area contributed by atoms with Crippen LogP contribution in [0, 0.1) is 26.6 Å². The standard InChI is InChI=1S/C16H18FN.ClH/c1-10-4-5-16(17)14(6-10)13-7-11(2)15(9-18)12(3)8-13;/h4-8H,9,18H2,1-3H3;1H. The van der Waals surface area contributed by atoms with Gasteiger partial charge in [0.15, 0.2) is 0 Å².